The molecule has 0 bridgehead atoms. The van der Waals surface area contributed by atoms with Crippen molar-refractivity contribution in [2.24, 2.45) is 0 Å². The predicted molar refractivity (Wildman–Crippen MR) is 71.2 cm³/mol. The van der Waals surface area contributed by atoms with E-state index in [9.17, 15) is 9.90 Å². The van der Waals surface area contributed by atoms with Crippen LogP contribution < -0.4 is 9.64 Å². The molecule has 0 spiro atoms. The third-order valence-corrected chi connectivity index (χ3v) is 3.03. The molecule has 1 heterocycles. The normalized spacial score (nSPS) is 13.9. The van der Waals surface area contributed by atoms with Gasteiger partial charge in [0.25, 0.3) is 0 Å². The van der Waals surface area contributed by atoms with Crippen LogP contribution in [0.4, 0.5) is 5.69 Å². The van der Waals surface area contributed by atoms with Crippen molar-refractivity contribution in [2.75, 3.05) is 11.4 Å². The number of esters is 1. The van der Waals surface area contributed by atoms with E-state index in [1.54, 1.807) is 24.3 Å². The number of hydrogen-bond donors (Lipinski definition) is 1. The number of aromatic hydroxyl groups is 1. The van der Waals surface area contributed by atoms with Crippen molar-refractivity contribution in [3.05, 3.63) is 54.1 Å². The Morgan fingerprint density at radius 3 is 2.84 bits per heavy atom. The van der Waals surface area contributed by atoms with Gasteiger partial charge in [0.1, 0.15) is 12.3 Å². The molecule has 0 radical (unpaired) electrons. The molecule has 0 aromatic heterocycles. The van der Waals surface area contributed by atoms with E-state index in [1.807, 2.05) is 29.2 Å². The molecule has 0 saturated heterocycles. The molecular formula is C15H13NO3. The monoisotopic (exact) mass is 255 g/mol. The molecule has 0 fully saturated rings. The standard InChI is InChI=1S/C15H13NO3/c17-12-5-3-4-11(8-12)9-16-10-15(18)19-14-7-2-1-6-13(14)16/h1-8,17H,9-10H2. The lowest BCUT2D eigenvalue weighted by Gasteiger charge is -2.29. The van der Waals surface area contributed by atoms with E-state index in [0.29, 0.717) is 12.3 Å². The summed E-state index contributed by atoms with van der Waals surface area (Å²) in [5, 5.41) is 9.48. The van der Waals surface area contributed by atoms with Gasteiger partial charge in [-0.25, -0.2) is 4.79 Å². The maximum absolute atomic E-state index is 11.6. The Morgan fingerprint density at radius 1 is 1.16 bits per heavy atom. The lowest BCUT2D eigenvalue weighted by atomic mass is 10.1. The number of hydrogen-bond acceptors (Lipinski definition) is 4. The molecule has 4 nitrogen and oxygen atoms in total. The number of anilines is 1. The number of carbonyl (C=O) groups is 1. The van der Waals surface area contributed by atoms with E-state index in [0.717, 1.165) is 11.3 Å². The molecule has 0 atom stereocenters. The van der Waals surface area contributed by atoms with Gasteiger partial charge >= 0.3 is 5.97 Å². The van der Waals surface area contributed by atoms with Crippen molar-refractivity contribution >= 4 is 11.7 Å². The van der Waals surface area contributed by atoms with Crippen molar-refractivity contribution in [2.45, 2.75) is 6.54 Å². The highest BCUT2D eigenvalue weighted by molar-refractivity contribution is 5.84. The Kier molecular flexibility index (Phi) is 2.83. The van der Waals surface area contributed by atoms with Crippen molar-refractivity contribution in [1.82, 2.24) is 0 Å². The first-order chi connectivity index (χ1) is 9.22. The van der Waals surface area contributed by atoms with Gasteiger partial charge < -0.3 is 14.7 Å². The van der Waals surface area contributed by atoms with Gasteiger partial charge in [-0.2, -0.15) is 0 Å². The number of carbonyl (C=O) groups excluding carboxylic acids is 1. The molecule has 3 rings (SSSR count). The Hall–Kier alpha value is -2.49. The van der Waals surface area contributed by atoms with E-state index in [1.165, 1.54) is 0 Å². The van der Waals surface area contributed by atoms with Crippen LogP contribution >= 0.6 is 0 Å². The zero-order chi connectivity index (χ0) is 13.2. The number of fused-ring (bicyclic) bond motifs is 1. The highest BCUT2D eigenvalue weighted by Crippen LogP contribution is 2.32. The second-order valence-electron chi connectivity index (χ2n) is 4.47. The van der Waals surface area contributed by atoms with E-state index in [-0.39, 0.29) is 18.3 Å². The first kappa shape index (κ1) is 11.6. The molecule has 0 saturated carbocycles. The van der Waals surface area contributed by atoms with Crippen LogP contribution in [0.25, 0.3) is 0 Å². The van der Waals surface area contributed by atoms with Crippen molar-refractivity contribution in [3.63, 3.8) is 0 Å². The molecule has 0 amide bonds. The number of rotatable bonds is 2. The van der Waals surface area contributed by atoms with Gasteiger partial charge in [-0.15, -0.1) is 0 Å². The quantitative estimate of drug-likeness (QED) is 0.661. The summed E-state index contributed by atoms with van der Waals surface area (Å²) in [6, 6.07) is 14.5. The Bertz CT molecular complexity index is 624. The van der Waals surface area contributed by atoms with E-state index >= 15 is 0 Å². The van der Waals surface area contributed by atoms with Crippen LogP contribution in [0, 0.1) is 0 Å². The smallest absolute Gasteiger partial charge is 0.331 e. The maximum atomic E-state index is 11.6. The molecule has 2 aromatic rings. The Morgan fingerprint density at radius 2 is 2.00 bits per heavy atom. The molecule has 2 aromatic carbocycles. The second-order valence-corrected chi connectivity index (χ2v) is 4.47. The number of phenolic OH excluding ortho intramolecular Hbond substituents is 1. The summed E-state index contributed by atoms with van der Waals surface area (Å²) in [7, 11) is 0. The summed E-state index contributed by atoms with van der Waals surface area (Å²) in [6.45, 7) is 0.771. The van der Waals surface area contributed by atoms with Crippen molar-refractivity contribution in [1.29, 1.82) is 0 Å². The molecule has 1 aliphatic heterocycles. The summed E-state index contributed by atoms with van der Waals surface area (Å²) in [6.07, 6.45) is 0. The fourth-order valence-electron chi connectivity index (χ4n) is 2.22. The minimum Gasteiger partial charge on any atom is -0.508 e. The third-order valence-electron chi connectivity index (χ3n) is 3.03. The van der Waals surface area contributed by atoms with Gasteiger partial charge in [-0.05, 0) is 29.8 Å². The van der Waals surface area contributed by atoms with Crippen LogP contribution in [0.5, 0.6) is 11.5 Å². The van der Waals surface area contributed by atoms with Gasteiger partial charge in [0.05, 0.1) is 5.69 Å². The lowest BCUT2D eigenvalue weighted by Crippen LogP contribution is -2.36. The molecule has 19 heavy (non-hydrogen) atoms. The zero-order valence-corrected chi connectivity index (χ0v) is 10.2. The van der Waals surface area contributed by atoms with Crippen LogP contribution in [0.2, 0.25) is 0 Å². The molecule has 0 unspecified atom stereocenters. The van der Waals surface area contributed by atoms with Crippen molar-refractivity contribution in [3.8, 4) is 11.5 Å². The number of para-hydroxylation sites is 2. The number of benzene rings is 2. The third kappa shape index (κ3) is 2.38. The highest BCUT2D eigenvalue weighted by atomic mass is 16.5. The minimum absolute atomic E-state index is 0.215. The molecule has 4 heteroatoms. The number of phenols is 1. The SMILES string of the molecule is O=C1CN(Cc2cccc(O)c2)c2ccccc2O1. The van der Waals surface area contributed by atoms with Gasteiger partial charge in [0, 0.05) is 6.54 Å². The molecule has 1 N–H and O–H groups in total. The topological polar surface area (TPSA) is 49.8 Å². The van der Waals surface area contributed by atoms with Gasteiger partial charge in [-0.1, -0.05) is 24.3 Å². The Balaban J connectivity index is 1.91. The van der Waals surface area contributed by atoms with E-state index < -0.39 is 0 Å². The van der Waals surface area contributed by atoms with Crippen LogP contribution in [-0.2, 0) is 11.3 Å². The fourth-order valence-corrected chi connectivity index (χ4v) is 2.22. The zero-order valence-electron chi connectivity index (χ0n) is 10.2. The maximum Gasteiger partial charge on any atom is 0.331 e. The highest BCUT2D eigenvalue weighted by Gasteiger charge is 2.23. The summed E-state index contributed by atoms with van der Waals surface area (Å²) < 4.78 is 5.19. The van der Waals surface area contributed by atoms with Gasteiger partial charge in [0.2, 0.25) is 0 Å². The first-order valence-corrected chi connectivity index (χ1v) is 6.05. The van der Waals surface area contributed by atoms with Crippen LogP contribution in [0.1, 0.15) is 5.56 Å². The predicted octanol–water partition coefficient (Wildman–Crippen LogP) is 2.32. The minimum atomic E-state index is -0.265. The van der Waals surface area contributed by atoms with Gasteiger partial charge in [0.15, 0.2) is 5.75 Å². The van der Waals surface area contributed by atoms with Gasteiger partial charge in [-0.3, -0.25) is 0 Å². The Labute approximate surface area is 110 Å². The number of nitrogens with zero attached hydrogens (tertiary/aromatic N) is 1. The number of ether oxygens (including phenoxy) is 1. The van der Waals surface area contributed by atoms with Crippen LogP contribution in [-0.4, -0.2) is 17.6 Å². The van der Waals surface area contributed by atoms with Crippen LogP contribution in [0.3, 0.4) is 0 Å². The van der Waals surface area contributed by atoms with Crippen molar-refractivity contribution < 1.29 is 14.6 Å². The molecular weight excluding hydrogens is 242 g/mol. The van der Waals surface area contributed by atoms with E-state index in [2.05, 4.69) is 0 Å². The average Bonchev–Trinajstić information content (AvgIpc) is 2.38. The summed E-state index contributed by atoms with van der Waals surface area (Å²) in [5.74, 6) is 0.545. The molecule has 0 aliphatic carbocycles. The second kappa shape index (κ2) is 4.65. The van der Waals surface area contributed by atoms with E-state index in [4.69, 9.17) is 4.74 Å². The molecule has 1 aliphatic rings. The fraction of sp³-hybridized carbons (Fsp3) is 0.133. The largest absolute Gasteiger partial charge is 0.508 e. The average molecular weight is 255 g/mol. The summed E-state index contributed by atoms with van der Waals surface area (Å²) in [5.41, 5.74) is 1.84. The van der Waals surface area contributed by atoms with Crippen LogP contribution in [0.15, 0.2) is 48.5 Å². The lowest BCUT2D eigenvalue weighted by molar-refractivity contribution is -0.133. The first-order valence-electron chi connectivity index (χ1n) is 6.05. The summed E-state index contributed by atoms with van der Waals surface area (Å²) in [4.78, 5) is 13.5. The molecule has 96 valence electrons. The summed E-state index contributed by atoms with van der Waals surface area (Å²) >= 11 is 0.